The van der Waals surface area contributed by atoms with Crippen LogP contribution in [0.5, 0.6) is 0 Å². The van der Waals surface area contributed by atoms with Gasteiger partial charge >= 0.3 is 0 Å². The van der Waals surface area contributed by atoms with E-state index < -0.39 is 11.6 Å². The highest BCUT2D eigenvalue weighted by Gasteiger charge is 2.21. The van der Waals surface area contributed by atoms with E-state index in [-0.39, 0.29) is 12.1 Å². The quantitative estimate of drug-likeness (QED) is 0.841. The standard InChI is InChI=1S/C15H14F2N2/c16-13-2-1-3-14(17)12(13)9-19-7-6-10-4-5-11(18)8-15(10)19/h1-5,8H,6-7,9,18H2. The number of hydrogen-bond acceptors (Lipinski definition) is 2. The Bertz CT molecular complexity index is 605. The molecular weight excluding hydrogens is 246 g/mol. The molecule has 0 radical (unpaired) electrons. The van der Waals surface area contributed by atoms with Crippen LogP contribution in [0.4, 0.5) is 20.2 Å². The Morgan fingerprint density at radius 3 is 2.58 bits per heavy atom. The highest BCUT2D eigenvalue weighted by molar-refractivity contribution is 5.64. The average molecular weight is 260 g/mol. The summed E-state index contributed by atoms with van der Waals surface area (Å²) in [7, 11) is 0. The van der Waals surface area contributed by atoms with Gasteiger partial charge in [-0.05, 0) is 36.2 Å². The zero-order valence-electron chi connectivity index (χ0n) is 10.4. The summed E-state index contributed by atoms with van der Waals surface area (Å²) in [6, 6.07) is 9.64. The van der Waals surface area contributed by atoms with Crippen molar-refractivity contribution in [1.82, 2.24) is 0 Å². The van der Waals surface area contributed by atoms with Gasteiger partial charge < -0.3 is 10.6 Å². The van der Waals surface area contributed by atoms with Crippen LogP contribution >= 0.6 is 0 Å². The number of benzene rings is 2. The maximum absolute atomic E-state index is 13.7. The predicted octanol–water partition coefficient (Wildman–Crippen LogP) is 3.11. The molecule has 1 aliphatic rings. The van der Waals surface area contributed by atoms with Gasteiger partial charge in [-0.3, -0.25) is 0 Å². The zero-order valence-corrected chi connectivity index (χ0v) is 10.4. The van der Waals surface area contributed by atoms with Gasteiger partial charge in [0.2, 0.25) is 0 Å². The van der Waals surface area contributed by atoms with Crippen LogP contribution in [0.25, 0.3) is 0 Å². The molecule has 2 aromatic carbocycles. The molecular formula is C15H14F2N2. The van der Waals surface area contributed by atoms with Crippen molar-refractivity contribution in [2.24, 2.45) is 0 Å². The number of rotatable bonds is 2. The molecule has 0 atom stereocenters. The lowest BCUT2D eigenvalue weighted by Crippen LogP contribution is -2.21. The average Bonchev–Trinajstić information content (AvgIpc) is 2.76. The summed E-state index contributed by atoms with van der Waals surface area (Å²) in [5.74, 6) is -1.00. The molecule has 2 nitrogen and oxygen atoms in total. The molecule has 0 amide bonds. The number of nitrogen functional groups attached to an aromatic ring is 1. The minimum absolute atomic E-state index is 0.109. The van der Waals surface area contributed by atoms with Crippen molar-refractivity contribution in [1.29, 1.82) is 0 Å². The summed E-state index contributed by atoms with van der Waals surface area (Å²) < 4.78 is 27.3. The van der Waals surface area contributed by atoms with Crippen molar-refractivity contribution in [3.8, 4) is 0 Å². The number of anilines is 2. The summed E-state index contributed by atoms with van der Waals surface area (Å²) in [6.07, 6.45) is 0.881. The van der Waals surface area contributed by atoms with Crippen molar-refractivity contribution >= 4 is 11.4 Å². The second-order valence-corrected chi connectivity index (χ2v) is 4.76. The van der Waals surface area contributed by atoms with Gasteiger partial charge in [-0.15, -0.1) is 0 Å². The van der Waals surface area contributed by atoms with Gasteiger partial charge in [0.05, 0.1) is 0 Å². The van der Waals surface area contributed by atoms with Gasteiger partial charge in [0.1, 0.15) is 11.6 Å². The van der Waals surface area contributed by atoms with Crippen LogP contribution in [0.1, 0.15) is 11.1 Å². The van der Waals surface area contributed by atoms with E-state index in [4.69, 9.17) is 5.73 Å². The fourth-order valence-electron chi connectivity index (χ4n) is 2.50. The second kappa shape index (κ2) is 4.53. The number of halogens is 2. The largest absolute Gasteiger partial charge is 0.399 e. The molecule has 0 aromatic heterocycles. The molecule has 0 saturated heterocycles. The number of nitrogens with zero attached hydrogens (tertiary/aromatic N) is 1. The van der Waals surface area contributed by atoms with E-state index in [1.807, 2.05) is 23.1 Å². The van der Waals surface area contributed by atoms with Crippen LogP contribution in [-0.4, -0.2) is 6.54 Å². The molecule has 98 valence electrons. The molecule has 0 unspecified atom stereocenters. The fourth-order valence-corrected chi connectivity index (χ4v) is 2.50. The Morgan fingerprint density at radius 1 is 1.11 bits per heavy atom. The molecule has 0 fully saturated rings. The summed E-state index contributed by atoms with van der Waals surface area (Å²) in [5.41, 5.74) is 8.69. The number of nitrogens with two attached hydrogens (primary N) is 1. The number of hydrogen-bond donors (Lipinski definition) is 1. The van der Waals surface area contributed by atoms with Crippen LogP contribution in [0, 0.1) is 11.6 Å². The summed E-state index contributed by atoms with van der Waals surface area (Å²) in [5, 5.41) is 0. The first-order valence-corrected chi connectivity index (χ1v) is 6.21. The lowest BCUT2D eigenvalue weighted by Gasteiger charge is -2.20. The summed E-state index contributed by atoms with van der Waals surface area (Å²) in [4.78, 5) is 1.97. The van der Waals surface area contributed by atoms with E-state index in [1.165, 1.54) is 23.8 Å². The highest BCUT2D eigenvalue weighted by Crippen LogP contribution is 2.31. The molecule has 1 aliphatic heterocycles. The van der Waals surface area contributed by atoms with E-state index in [2.05, 4.69) is 0 Å². The number of fused-ring (bicyclic) bond motifs is 1. The molecule has 4 heteroatoms. The fraction of sp³-hybridized carbons (Fsp3) is 0.200. The Labute approximate surface area is 110 Å². The minimum atomic E-state index is -0.502. The molecule has 2 aromatic rings. The zero-order chi connectivity index (χ0) is 13.4. The van der Waals surface area contributed by atoms with Crippen molar-refractivity contribution in [3.63, 3.8) is 0 Å². The van der Waals surface area contributed by atoms with Crippen molar-refractivity contribution in [3.05, 3.63) is 59.2 Å². The topological polar surface area (TPSA) is 29.3 Å². The minimum Gasteiger partial charge on any atom is -0.399 e. The smallest absolute Gasteiger partial charge is 0.131 e. The third-order valence-electron chi connectivity index (χ3n) is 3.51. The van der Waals surface area contributed by atoms with Crippen LogP contribution in [-0.2, 0) is 13.0 Å². The van der Waals surface area contributed by atoms with E-state index in [1.54, 1.807) is 0 Å². The molecule has 3 rings (SSSR count). The van der Waals surface area contributed by atoms with Crippen LogP contribution in [0.3, 0.4) is 0 Å². The van der Waals surface area contributed by atoms with E-state index in [9.17, 15) is 8.78 Å². The third-order valence-corrected chi connectivity index (χ3v) is 3.51. The van der Waals surface area contributed by atoms with Gasteiger partial charge in [0, 0.05) is 30.0 Å². The van der Waals surface area contributed by atoms with Crippen LogP contribution in [0.2, 0.25) is 0 Å². The van der Waals surface area contributed by atoms with E-state index in [0.717, 1.165) is 18.7 Å². The maximum Gasteiger partial charge on any atom is 0.131 e. The molecule has 2 N–H and O–H groups in total. The normalized spacial score (nSPS) is 13.7. The Hall–Kier alpha value is -2.10. The maximum atomic E-state index is 13.7. The monoisotopic (exact) mass is 260 g/mol. The van der Waals surface area contributed by atoms with Gasteiger partial charge in [0.25, 0.3) is 0 Å². The van der Waals surface area contributed by atoms with Crippen molar-refractivity contribution in [2.75, 3.05) is 17.2 Å². The van der Waals surface area contributed by atoms with Gasteiger partial charge in [0.15, 0.2) is 0 Å². The summed E-state index contributed by atoms with van der Waals surface area (Å²) >= 11 is 0. The Morgan fingerprint density at radius 2 is 1.84 bits per heavy atom. The van der Waals surface area contributed by atoms with Crippen LogP contribution < -0.4 is 10.6 Å². The molecule has 1 heterocycles. The SMILES string of the molecule is Nc1ccc2c(c1)N(Cc1c(F)cccc1F)CC2. The first-order chi connectivity index (χ1) is 9.15. The van der Waals surface area contributed by atoms with Crippen molar-refractivity contribution < 1.29 is 8.78 Å². The van der Waals surface area contributed by atoms with Gasteiger partial charge in [-0.25, -0.2) is 8.78 Å². The lowest BCUT2D eigenvalue weighted by atomic mass is 10.1. The van der Waals surface area contributed by atoms with Gasteiger partial charge in [-0.2, -0.15) is 0 Å². The highest BCUT2D eigenvalue weighted by atomic mass is 19.1. The lowest BCUT2D eigenvalue weighted by molar-refractivity contribution is 0.551. The first-order valence-electron chi connectivity index (χ1n) is 6.21. The second-order valence-electron chi connectivity index (χ2n) is 4.76. The van der Waals surface area contributed by atoms with Gasteiger partial charge in [-0.1, -0.05) is 12.1 Å². The van der Waals surface area contributed by atoms with Crippen LogP contribution in [0.15, 0.2) is 36.4 Å². The predicted molar refractivity (Wildman–Crippen MR) is 72.0 cm³/mol. The molecule has 0 aliphatic carbocycles. The molecule has 0 bridgehead atoms. The third kappa shape index (κ3) is 2.14. The molecule has 19 heavy (non-hydrogen) atoms. The summed E-state index contributed by atoms with van der Waals surface area (Å²) in [6.45, 7) is 0.988. The van der Waals surface area contributed by atoms with Crippen molar-refractivity contribution in [2.45, 2.75) is 13.0 Å². The Balaban J connectivity index is 1.93. The molecule has 0 spiro atoms. The van der Waals surface area contributed by atoms with E-state index in [0.29, 0.717) is 5.69 Å². The van der Waals surface area contributed by atoms with E-state index >= 15 is 0 Å². The first kappa shape index (κ1) is 12.0. The molecule has 0 saturated carbocycles. The Kier molecular flexibility index (Phi) is 2.85.